The Morgan fingerprint density at radius 2 is 1.88 bits per heavy atom. The van der Waals surface area contributed by atoms with Gasteiger partial charge in [0.15, 0.2) is 0 Å². The van der Waals surface area contributed by atoms with Crippen LogP contribution in [0.15, 0.2) is 17.5 Å². The molecule has 3 atom stereocenters. The van der Waals surface area contributed by atoms with Crippen LogP contribution in [0.1, 0.15) is 56.4 Å². The second kappa shape index (κ2) is 7.12. The maximum absolute atomic E-state index is 12.9. The molecule has 0 radical (unpaired) electrons. The van der Waals surface area contributed by atoms with Crippen molar-refractivity contribution in [1.82, 2.24) is 14.7 Å². The van der Waals surface area contributed by atoms with E-state index >= 15 is 0 Å². The summed E-state index contributed by atoms with van der Waals surface area (Å²) in [4.78, 5) is 43.9. The Kier molecular flexibility index (Phi) is 4.84. The number of urea groups is 1. The molecule has 3 heterocycles. The number of carbonyl (C=O) groups excluding carboxylic acids is 3. The number of thiophene rings is 1. The number of imide groups is 2. The zero-order valence-electron chi connectivity index (χ0n) is 15.1. The Labute approximate surface area is 157 Å². The topological polar surface area (TPSA) is 60.9 Å². The van der Waals surface area contributed by atoms with E-state index in [4.69, 9.17) is 0 Å². The molecule has 1 aromatic heterocycles. The van der Waals surface area contributed by atoms with Crippen molar-refractivity contribution in [2.24, 2.45) is 5.92 Å². The third kappa shape index (κ3) is 2.97. The number of carbonyl (C=O) groups is 3. The standard InChI is InChI=1S/C19H25N3O3S/c1-13-6-2-3-7-14(13)22-18(24)17(23)21(19(22)25)12-20-10-4-8-15(20)16-9-5-11-26-16/h5,9,11,13-15H,2-4,6-8,10,12H2,1H3. The lowest BCUT2D eigenvalue weighted by Crippen LogP contribution is -2.47. The number of likely N-dealkylation sites (tertiary alicyclic amines) is 1. The van der Waals surface area contributed by atoms with Gasteiger partial charge in [-0.1, -0.05) is 25.8 Å². The minimum absolute atomic E-state index is 0.135. The van der Waals surface area contributed by atoms with Crippen molar-refractivity contribution in [3.05, 3.63) is 22.4 Å². The lowest BCUT2D eigenvalue weighted by atomic mass is 9.85. The minimum atomic E-state index is -0.662. The summed E-state index contributed by atoms with van der Waals surface area (Å²) in [5, 5.41) is 2.05. The van der Waals surface area contributed by atoms with E-state index < -0.39 is 17.8 Å². The quantitative estimate of drug-likeness (QED) is 0.599. The van der Waals surface area contributed by atoms with Crippen molar-refractivity contribution in [2.75, 3.05) is 13.2 Å². The number of hydrogen-bond donors (Lipinski definition) is 0. The molecule has 0 aromatic carbocycles. The van der Waals surface area contributed by atoms with Crippen molar-refractivity contribution in [3.63, 3.8) is 0 Å². The highest BCUT2D eigenvalue weighted by molar-refractivity contribution is 7.10. The average molecular weight is 375 g/mol. The summed E-state index contributed by atoms with van der Waals surface area (Å²) >= 11 is 1.70. The normalized spacial score (nSPS) is 30.7. The number of rotatable bonds is 4. The lowest BCUT2D eigenvalue weighted by molar-refractivity contribution is -0.145. The molecule has 0 spiro atoms. The Morgan fingerprint density at radius 3 is 2.62 bits per heavy atom. The second-order valence-electron chi connectivity index (χ2n) is 7.65. The Hall–Kier alpha value is -1.73. The largest absolute Gasteiger partial charge is 0.335 e. The van der Waals surface area contributed by atoms with Crippen LogP contribution in [0.4, 0.5) is 4.79 Å². The fourth-order valence-corrected chi connectivity index (χ4v) is 5.50. The highest BCUT2D eigenvalue weighted by atomic mass is 32.1. The Balaban J connectivity index is 1.51. The first-order chi connectivity index (χ1) is 12.6. The molecular weight excluding hydrogens is 350 g/mol. The molecule has 0 bridgehead atoms. The van der Waals surface area contributed by atoms with Crippen LogP contribution in [-0.2, 0) is 9.59 Å². The third-order valence-electron chi connectivity index (χ3n) is 6.04. The monoisotopic (exact) mass is 375 g/mol. The van der Waals surface area contributed by atoms with E-state index in [2.05, 4.69) is 17.9 Å². The fourth-order valence-electron chi connectivity index (χ4n) is 4.60. The first-order valence-electron chi connectivity index (χ1n) is 9.54. The Bertz CT molecular complexity index is 705. The molecule has 1 saturated carbocycles. The SMILES string of the molecule is CC1CCCCC1N1C(=O)C(=O)N(CN2CCCC2c2cccs2)C1=O. The van der Waals surface area contributed by atoms with E-state index in [0.717, 1.165) is 50.0 Å². The fraction of sp³-hybridized carbons (Fsp3) is 0.632. The number of amides is 4. The van der Waals surface area contributed by atoms with Gasteiger partial charge < -0.3 is 0 Å². The molecule has 2 saturated heterocycles. The predicted octanol–water partition coefficient (Wildman–Crippen LogP) is 3.21. The van der Waals surface area contributed by atoms with Gasteiger partial charge in [-0.25, -0.2) is 9.69 Å². The van der Waals surface area contributed by atoms with Gasteiger partial charge in [0.2, 0.25) is 0 Å². The van der Waals surface area contributed by atoms with E-state index in [0.29, 0.717) is 0 Å². The van der Waals surface area contributed by atoms with Gasteiger partial charge in [0.05, 0.1) is 6.67 Å². The van der Waals surface area contributed by atoms with Crippen LogP contribution in [-0.4, -0.2) is 51.8 Å². The van der Waals surface area contributed by atoms with Crippen LogP contribution in [0, 0.1) is 5.92 Å². The molecular formula is C19H25N3O3S. The molecule has 4 amide bonds. The molecule has 3 fully saturated rings. The summed E-state index contributed by atoms with van der Waals surface area (Å²) in [5.74, 6) is -1.04. The van der Waals surface area contributed by atoms with Gasteiger partial charge in [0.25, 0.3) is 0 Å². The minimum Gasteiger partial charge on any atom is -0.278 e. The summed E-state index contributed by atoms with van der Waals surface area (Å²) in [7, 11) is 0. The van der Waals surface area contributed by atoms with Gasteiger partial charge in [-0.2, -0.15) is 0 Å². The lowest BCUT2D eigenvalue weighted by Gasteiger charge is -2.34. The first-order valence-corrected chi connectivity index (χ1v) is 10.4. The zero-order chi connectivity index (χ0) is 18.3. The second-order valence-corrected chi connectivity index (χ2v) is 8.63. The molecule has 6 nitrogen and oxygen atoms in total. The molecule has 3 unspecified atom stereocenters. The molecule has 0 N–H and O–H groups in total. The van der Waals surface area contributed by atoms with Gasteiger partial charge in [-0.05, 0) is 43.0 Å². The molecule has 140 valence electrons. The highest BCUT2D eigenvalue weighted by Gasteiger charge is 2.50. The third-order valence-corrected chi connectivity index (χ3v) is 7.01. The van der Waals surface area contributed by atoms with Gasteiger partial charge in [0, 0.05) is 23.5 Å². The van der Waals surface area contributed by atoms with Gasteiger partial charge in [-0.3, -0.25) is 19.4 Å². The van der Waals surface area contributed by atoms with E-state index in [-0.39, 0.29) is 24.7 Å². The Morgan fingerprint density at radius 1 is 1.08 bits per heavy atom. The number of hydrogen-bond acceptors (Lipinski definition) is 5. The van der Waals surface area contributed by atoms with Crippen molar-refractivity contribution < 1.29 is 14.4 Å². The molecule has 26 heavy (non-hydrogen) atoms. The van der Waals surface area contributed by atoms with Crippen LogP contribution in [0.2, 0.25) is 0 Å². The van der Waals surface area contributed by atoms with E-state index in [1.165, 1.54) is 9.78 Å². The maximum Gasteiger partial charge on any atom is 0.335 e. The molecule has 4 rings (SSSR count). The van der Waals surface area contributed by atoms with Crippen LogP contribution < -0.4 is 0 Å². The maximum atomic E-state index is 12.9. The summed E-state index contributed by atoms with van der Waals surface area (Å²) in [6.45, 7) is 3.13. The molecule has 1 aliphatic carbocycles. The van der Waals surface area contributed by atoms with Crippen molar-refractivity contribution in [2.45, 2.75) is 57.5 Å². The number of nitrogens with zero attached hydrogens (tertiary/aromatic N) is 3. The van der Waals surface area contributed by atoms with Gasteiger partial charge in [0.1, 0.15) is 0 Å². The van der Waals surface area contributed by atoms with Crippen LogP contribution in [0.5, 0.6) is 0 Å². The van der Waals surface area contributed by atoms with Gasteiger partial charge in [-0.15, -0.1) is 11.3 Å². The van der Waals surface area contributed by atoms with Crippen molar-refractivity contribution >= 4 is 29.2 Å². The molecule has 3 aliphatic rings. The first kappa shape index (κ1) is 17.7. The zero-order valence-corrected chi connectivity index (χ0v) is 15.9. The van der Waals surface area contributed by atoms with E-state index in [9.17, 15) is 14.4 Å². The van der Waals surface area contributed by atoms with E-state index in [1.54, 1.807) is 11.3 Å². The predicted molar refractivity (Wildman–Crippen MR) is 98.4 cm³/mol. The van der Waals surface area contributed by atoms with Crippen LogP contribution in [0.3, 0.4) is 0 Å². The van der Waals surface area contributed by atoms with Crippen LogP contribution in [0.25, 0.3) is 0 Å². The van der Waals surface area contributed by atoms with Crippen molar-refractivity contribution in [1.29, 1.82) is 0 Å². The highest BCUT2D eigenvalue weighted by Crippen LogP contribution is 2.36. The molecule has 7 heteroatoms. The summed E-state index contributed by atoms with van der Waals surface area (Å²) in [6.07, 6.45) is 6.00. The van der Waals surface area contributed by atoms with E-state index in [1.807, 2.05) is 11.4 Å². The van der Waals surface area contributed by atoms with Gasteiger partial charge >= 0.3 is 17.8 Å². The smallest absolute Gasteiger partial charge is 0.278 e. The molecule has 2 aliphatic heterocycles. The van der Waals surface area contributed by atoms with Crippen LogP contribution >= 0.6 is 11.3 Å². The summed E-state index contributed by atoms with van der Waals surface area (Å²) in [5.41, 5.74) is 0. The summed E-state index contributed by atoms with van der Waals surface area (Å²) in [6, 6.07) is 3.80. The summed E-state index contributed by atoms with van der Waals surface area (Å²) < 4.78 is 0. The van der Waals surface area contributed by atoms with Crippen molar-refractivity contribution in [3.8, 4) is 0 Å². The average Bonchev–Trinajstić information content (AvgIpc) is 3.34. The molecule has 1 aromatic rings.